The zero-order chi connectivity index (χ0) is 15.0. The van der Waals surface area contributed by atoms with Crippen molar-refractivity contribution in [2.75, 3.05) is 0 Å². The molecule has 0 saturated carbocycles. The molecule has 0 amide bonds. The number of hydrogen-bond acceptors (Lipinski definition) is 2. The van der Waals surface area contributed by atoms with Crippen LogP contribution in [-0.4, -0.2) is 4.57 Å². The third kappa shape index (κ3) is 2.45. The zero-order valence-electron chi connectivity index (χ0n) is 12.5. The van der Waals surface area contributed by atoms with Crippen LogP contribution in [-0.2, 0) is 7.05 Å². The summed E-state index contributed by atoms with van der Waals surface area (Å²) >= 11 is 1.53. The second kappa shape index (κ2) is 5.34. The van der Waals surface area contributed by atoms with Gasteiger partial charge >= 0.3 is 0 Å². The molecule has 3 heteroatoms. The lowest BCUT2D eigenvalue weighted by Gasteiger charge is -2.09. The molecule has 0 radical (unpaired) electrons. The minimum absolute atomic E-state index is 0.571. The third-order valence-electron chi connectivity index (χ3n) is 3.87. The van der Waals surface area contributed by atoms with Crippen molar-refractivity contribution in [3.05, 3.63) is 64.5 Å². The fourth-order valence-corrected chi connectivity index (χ4v) is 3.49. The Labute approximate surface area is 128 Å². The standard InChI is InChI=1S/C18H18N2S/c1-12-9-10-15(11-13(12)2)16-17(21-18(19)20(16)3)14-7-5-4-6-8-14/h4-11,19H,1-3H3. The van der Waals surface area contributed by atoms with Gasteiger partial charge in [-0.05, 0) is 42.2 Å². The highest BCUT2D eigenvalue weighted by atomic mass is 32.1. The summed E-state index contributed by atoms with van der Waals surface area (Å²) < 4.78 is 1.97. The summed E-state index contributed by atoms with van der Waals surface area (Å²) in [5.41, 5.74) is 6.05. The van der Waals surface area contributed by atoms with Gasteiger partial charge in [0.05, 0.1) is 10.6 Å². The second-order valence-electron chi connectivity index (χ2n) is 5.31. The predicted molar refractivity (Wildman–Crippen MR) is 89.5 cm³/mol. The number of thiazole rings is 1. The largest absolute Gasteiger partial charge is 0.319 e. The van der Waals surface area contributed by atoms with E-state index < -0.39 is 0 Å². The molecule has 0 spiro atoms. The zero-order valence-corrected chi connectivity index (χ0v) is 13.3. The van der Waals surface area contributed by atoms with E-state index in [9.17, 15) is 0 Å². The molecule has 106 valence electrons. The Bertz CT molecular complexity index is 841. The fraction of sp³-hybridized carbons (Fsp3) is 0.167. The molecule has 1 N–H and O–H groups in total. The normalized spacial score (nSPS) is 10.8. The SMILES string of the molecule is Cc1ccc(-c2c(-c3ccccc3)sc(=N)n2C)cc1C. The van der Waals surface area contributed by atoms with E-state index in [1.165, 1.54) is 33.6 Å². The Kier molecular flexibility index (Phi) is 3.52. The van der Waals surface area contributed by atoms with E-state index in [2.05, 4.69) is 44.2 Å². The molecular weight excluding hydrogens is 276 g/mol. The van der Waals surface area contributed by atoms with Crippen molar-refractivity contribution in [2.45, 2.75) is 13.8 Å². The quantitative estimate of drug-likeness (QED) is 0.720. The topological polar surface area (TPSA) is 28.8 Å². The lowest BCUT2D eigenvalue weighted by atomic mass is 10.0. The van der Waals surface area contributed by atoms with Crippen LogP contribution in [0.5, 0.6) is 0 Å². The van der Waals surface area contributed by atoms with Crippen molar-refractivity contribution in [1.82, 2.24) is 4.57 Å². The average Bonchev–Trinajstić information content (AvgIpc) is 2.79. The molecule has 0 fully saturated rings. The van der Waals surface area contributed by atoms with Gasteiger partial charge in [-0.2, -0.15) is 0 Å². The van der Waals surface area contributed by atoms with E-state index in [1.807, 2.05) is 29.8 Å². The minimum Gasteiger partial charge on any atom is -0.319 e. The van der Waals surface area contributed by atoms with Crippen LogP contribution < -0.4 is 4.80 Å². The average molecular weight is 294 g/mol. The first-order chi connectivity index (χ1) is 10.1. The van der Waals surface area contributed by atoms with Gasteiger partial charge in [0.2, 0.25) is 0 Å². The van der Waals surface area contributed by atoms with E-state index >= 15 is 0 Å². The number of aromatic nitrogens is 1. The maximum Gasteiger partial charge on any atom is 0.182 e. The lowest BCUT2D eigenvalue weighted by molar-refractivity contribution is 0.866. The van der Waals surface area contributed by atoms with Gasteiger partial charge in [-0.1, -0.05) is 53.8 Å². The minimum atomic E-state index is 0.571. The van der Waals surface area contributed by atoms with Crippen molar-refractivity contribution in [1.29, 1.82) is 5.41 Å². The Balaban J connectivity index is 2.27. The van der Waals surface area contributed by atoms with Crippen LogP contribution >= 0.6 is 11.3 Å². The number of nitrogens with zero attached hydrogens (tertiary/aromatic N) is 1. The van der Waals surface area contributed by atoms with Gasteiger partial charge in [0.1, 0.15) is 0 Å². The maximum atomic E-state index is 8.16. The van der Waals surface area contributed by atoms with Crippen molar-refractivity contribution < 1.29 is 0 Å². The van der Waals surface area contributed by atoms with Crippen LogP contribution in [0.3, 0.4) is 0 Å². The Hall–Kier alpha value is -2.13. The lowest BCUT2D eigenvalue weighted by Crippen LogP contribution is -2.09. The van der Waals surface area contributed by atoms with Crippen molar-refractivity contribution in [3.63, 3.8) is 0 Å². The van der Waals surface area contributed by atoms with Crippen LogP contribution in [0.4, 0.5) is 0 Å². The molecule has 2 nitrogen and oxygen atoms in total. The summed E-state index contributed by atoms with van der Waals surface area (Å²) in [5.74, 6) is 0. The molecular formula is C18H18N2S. The molecule has 1 aromatic heterocycles. The molecule has 0 unspecified atom stereocenters. The van der Waals surface area contributed by atoms with Gasteiger partial charge in [0.25, 0.3) is 0 Å². The van der Waals surface area contributed by atoms with Crippen molar-refractivity contribution in [2.24, 2.45) is 7.05 Å². The molecule has 0 bridgehead atoms. The van der Waals surface area contributed by atoms with E-state index in [0.717, 1.165) is 10.6 Å². The maximum absolute atomic E-state index is 8.16. The van der Waals surface area contributed by atoms with E-state index in [1.54, 1.807) is 0 Å². The number of aryl methyl sites for hydroxylation is 2. The molecule has 0 atom stereocenters. The first-order valence-corrected chi connectivity index (χ1v) is 7.77. The van der Waals surface area contributed by atoms with E-state index in [0.29, 0.717) is 4.80 Å². The molecule has 3 rings (SSSR count). The van der Waals surface area contributed by atoms with Crippen LogP contribution in [0.2, 0.25) is 0 Å². The first kappa shape index (κ1) is 13.8. The summed E-state index contributed by atoms with van der Waals surface area (Å²) in [7, 11) is 1.97. The first-order valence-electron chi connectivity index (χ1n) is 6.95. The Morgan fingerprint density at radius 3 is 2.29 bits per heavy atom. The Morgan fingerprint density at radius 1 is 0.905 bits per heavy atom. The summed E-state index contributed by atoms with van der Waals surface area (Å²) in [6.07, 6.45) is 0. The number of nitrogens with one attached hydrogen (secondary N) is 1. The fourth-order valence-electron chi connectivity index (χ4n) is 2.47. The number of rotatable bonds is 2. The van der Waals surface area contributed by atoms with Crippen LogP contribution in [0, 0.1) is 19.3 Å². The molecule has 0 aliphatic rings. The van der Waals surface area contributed by atoms with Gasteiger partial charge in [0.15, 0.2) is 4.80 Å². The highest BCUT2D eigenvalue weighted by molar-refractivity contribution is 7.13. The van der Waals surface area contributed by atoms with Gasteiger partial charge in [-0.3, -0.25) is 5.41 Å². The summed E-state index contributed by atoms with van der Waals surface area (Å²) in [6, 6.07) is 16.8. The van der Waals surface area contributed by atoms with Gasteiger partial charge in [0, 0.05) is 7.05 Å². The third-order valence-corrected chi connectivity index (χ3v) is 4.97. The van der Waals surface area contributed by atoms with Crippen molar-refractivity contribution in [3.8, 4) is 21.7 Å². The monoisotopic (exact) mass is 294 g/mol. The Morgan fingerprint density at radius 2 is 1.62 bits per heavy atom. The van der Waals surface area contributed by atoms with Crippen molar-refractivity contribution >= 4 is 11.3 Å². The molecule has 0 aliphatic carbocycles. The second-order valence-corrected chi connectivity index (χ2v) is 6.31. The van der Waals surface area contributed by atoms with Crippen LogP contribution in [0.15, 0.2) is 48.5 Å². The van der Waals surface area contributed by atoms with Gasteiger partial charge in [-0.25, -0.2) is 0 Å². The predicted octanol–water partition coefficient (Wildman–Crippen LogP) is 4.52. The molecule has 3 aromatic rings. The highest BCUT2D eigenvalue weighted by Gasteiger charge is 2.14. The summed E-state index contributed by atoms with van der Waals surface area (Å²) in [4.78, 5) is 1.73. The van der Waals surface area contributed by atoms with E-state index in [4.69, 9.17) is 5.41 Å². The molecule has 1 heterocycles. The van der Waals surface area contributed by atoms with Gasteiger partial charge < -0.3 is 4.57 Å². The molecule has 0 saturated heterocycles. The number of hydrogen-bond donors (Lipinski definition) is 1. The van der Waals surface area contributed by atoms with Crippen LogP contribution in [0.25, 0.3) is 21.7 Å². The highest BCUT2D eigenvalue weighted by Crippen LogP contribution is 2.34. The summed E-state index contributed by atoms with van der Waals surface area (Å²) in [5, 5.41) is 8.16. The number of benzene rings is 2. The van der Waals surface area contributed by atoms with Gasteiger partial charge in [-0.15, -0.1) is 0 Å². The molecule has 0 aliphatic heterocycles. The molecule has 2 aromatic carbocycles. The van der Waals surface area contributed by atoms with E-state index in [-0.39, 0.29) is 0 Å². The molecule has 21 heavy (non-hydrogen) atoms. The smallest absolute Gasteiger partial charge is 0.182 e. The summed E-state index contributed by atoms with van der Waals surface area (Å²) in [6.45, 7) is 4.26. The van der Waals surface area contributed by atoms with Crippen LogP contribution in [0.1, 0.15) is 11.1 Å².